The van der Waals surface area contributed by atoms with E-state index in [0.717, 1.165) is 19.3 Å². The van der Waals surface area contributed by atoms with Gasteiger partial charge in [-0.15, -0.1) is 0 Å². The smallest absolute Gasteiger partial charge is 0.407 e. The predicted molar refractivity (Wildman–Crippen MR) is 98.3 cm³/mol. The second-order valence-electron chi connectivity index (χ2n) is 8.04. The summed E-state index contributed by atoms with van der Waals surface area (Å²) in [6, 6.07) is 7.25. The van der Waals surface area contributed by atoms with Gasteiger partial charge < -0.3 is 15.4 Å². The summed E-state index contributed by atoms with van der Waals surface area (Å²) in [6.07, 6.45) is 2.88. The normalized spacial score (nSPS) is 22.2. The van der Waals surface area contributed by atoms with Gasteiger partial charge in [0, 0.05) is 18.1 Å². The molecule has 0 spiro atoms. The fourth-order valence-corrected chi connectivity index (χ4v) is 3.43. The van der Waals surface area contributed by atoms with E-state index in [4.69, 9.17) is 4.74 Å². The SMILES string of the molecule is Cc1ccc(C)c(C(C)NC2CCCC2NC(=O)OC(C)(C)C)c1. The number of aryl methyl sites for hydroxylation is 2. The van der Waals surface area contributed by atoms with Crippen LogP contribution in [0.15, 0.2) is 18.2 Å². The Morgan fingerprint density at radius 3 is 2.54 bits per heavy atom. The maximum absolute atomic E-state index is 12.1. The molecule has 1 aliphatic carbocycles. The number of nitrogens with one attached hydrogen (secondary N) is 2. The van der Waals surface area contributed by atoms with Crippen LogP contribution < -0.4 is 10.6 Å². The Morgan fingerprint density at radius 1 is 1.21 bits per heavy atom. The third-order valence-electron chi connectivity index (χ3n) is 4.58. The summed E-state index contributed by atoms with van der Waals surface area (Å²) in [7, 11) is 0. The summed E-state index contributed by atoms with van der Waals surface area (Å²) in [5.41, 5.74) is 3.45. The lowest BCUT2D eigenvalue weighted by Gasteiger charge is -2.28. The Kier molecular flexibility index (Phi) is 5.92. The van der Waals surface area contributed by atoms with E-state index in [0.29, 0.717) is 0 Å². The number of carbonyl (C=O) groups excluding carboxylic acids is 1. The van der Waals surface area contributed by atoms with Crippen LogP contribution in [0, 0.1) is 13.8 Å². The molecule has 1 aromatic carbocycles. The minimum atomic E-state index is -0.461. The van der Waals surface area contributed by atoms with E-state index < -0.39 is 5.60 Å². The van der Waals surface area contributed by atoms with E-state index >= 15 is 0 Å². The second kappa shape index (κ2) is 7.56. The van der Waals surface area contributed by atoms with Crippen molar-refractivity contribution in [2.45, 2.75) is 84.5 Å². The fourth-order valence-electron chi connectivity index (χ4n) is 3.43. The molecule has 134 valence electrons. The van der Waals surface area contributed by atoms with Gasteiger partial charge in [-0.2, -0.15) is 0 Å². The molecule has 1 saturated carbocycles. The van der Waals surface area contributed by atoms with E-state index in [1.807, 2.05) is 20.8 Å². The van der Waals surface area contributed by atoms with Gasteiger partial charge in [0.05, 0.1) is 0 Å². The van der Waals surface area contributed by atoms with E-state index in [1.54, 1.807) is 0 Å². The Balaban J connectivity index is 1.98. The maximum atomic E-state index is 12.1. The molecule has 1 aliphatic rings. The van der Waals surface area contributed by atoms with Crippen molar-refractivity contribution in [1.82, 2.24) is 10.6 Å². The summed E-state index contributed by atoms with van der Waals surface area (Å²) in [5, 5.41) is 6.76. The van der Waals surface area contributed by atoms with Crippen LogP contribution in [0.2, 0.25) is 0 Å². The highest BCUT2D eigenvalue weighted by atomic mass is 16.6. The molecular weight excluding hydrogens is 300 g/mol. The summed E-state index contributed by atoms with van der Waals surface area (Å²) >= 11 is 0. The number of carbonyl (C=O) groups is 1. The molecule has 0 bridgehead atoms. The van der Waals surface area contributed by atoms with Crippen molar-refractivity contribution in [3.05, 3.63) is 34.9 Å². The number of benzene rings is 1. The van der Waals surface area contributed by atoms with E-state index in [2.05, 4.69) is 49.6 Å². The van der Waals surface area contributed by atoms with Crippen LogP contribution in [-0.2, 0) is 4.74 Å². The van der Waals surface area contributed by atoms with Gasteiger partial charge in [0.15, 0.2) is 0 Å². The molecule has 24 heavy (non-hydrogen) atoms. The van der Waals surface area contributed by atoms with Crippen molar-refractivity contribution in [2.24, 2.45) is 0 Å². The Hall–Kier alpha value is -1.55. The zero-order chi connectivity index (χ0) is 17.9. The van der Waals surface area contributed by atoms with Gasteiger partial charge in [-0.1, -0.05) is 23.8 Å². The summed E-state index contributed by atoms with van der Waals surface area (Å²) < 4.78 is 5.39. The van der Waals surface area contributed by atoms with Crippen molar-refractivity contribution in [2.75, 3.05) is 0 Å². The first-order valence-electron chi connectivity index (χ1n) is 8.98. The number of hydrogen-bond donors (Lipinski definition) is 2. The third-order valence-corrected chi connectivity index (χ3v) is 4.58. The van der Waals surface area contributed by atoms with Crippen molar-refractivity contribution in [1.29, 1.82) is 0 Å². The number of ether oxygens (including phenoxy) is 1. The highest BCUT2D eigenvalue weighted by molar-refractivity contribution is 5.68. The van der Waals surface area contributed by atoms with Crippen LogP contribution >= 0.6 is 0 Å². The van der Waals surface area contributed by atoms with E-state index in [1.165, 1.54) is 16.7 Å². The predicted octanol–water partition coefficient (Wildman–Crippen LogP) is 4.40. The number of amides is 1. The van der Waals surface area contributed by atoms with Crippen molar-refractivity contribution >= 4 is 6.09 Å². The topological polar surface area (TPSA) is 50.4 Å². The molecule has 0 aromatic heterocycles. The first kappa shape index (κ1) is 18.8. The van der Waals surface area contributed by atoms with Crippen LogP contribution in [0.5, 0.6) is 0 Å². The van der Waals surface area contributed by atoms with Crippen LogP contribution in [0.4, 0.5) is 4.79 Å². The molecule has 0 aliphatic heterocycles. The van der Waals surface area contributed by atoms with Gasteiger partial charge >= 0.3 is 6.09 Å². The highest BCUT2D eigenvalue weighted by Crippen LogP contribution is 2.25. The number of hydrogen-bond acceptors (Lipinski definition) is 3. The minimum Gasteiger partial charge on any atom is -0.444 e. The van der Waals surface area contributed by atoms with Crippen LogP contribution in [0.25, 0.3) is 0 Å². The number of rotatable bonds is 4. The van der Waals surface area contributed by atoms with Gasteiger partial charge in [0.25, 0.3) is 0 Å². The van der Waals surface area contributed by atoms with E-state index in [9.17, 15) is 4.79 Å². The average molecular weight is 332 g/mol. The fraction of sp³-hybridized carbons (Fsp3) is 0.650. The lowest BCUT2D eigenvalue weighted by Crippen LogP contribution is -2.48. The molecule has 4 nitrogen and oxygen atoms in total. The molecule has 1 fully saturated rings. The molecule has 0 radical (unpaired) electrons. The molecule has 1 aromatic rings. The van der Waals surface area contributed by atoms with Gasteiger partial charge in [-0.25, -0.2) is 4.79 Å². The molecule has 0 heterocycles. The van der Waals surface area contributed by atoms with Crippen molar-refractivity contribution < 1.29 is 9.53 Å². The summed E-state index contributed by atoms with van der Waals surface area (Å²) in [5.74, 6) is 0. The largest absolute Gasteiger partial charge is 0.444 e. The van der Waals surface area contributed by atoms with Crippen LogP contribution in [-0.4, -0.2) is 23.8 Å². The molecule has 2 N–H and O–H groups in total. The van der Waals surface area contributed by atoms with Gasteiger partial charge in [0.2, 0.25) is 0 Å². The van der Waals surface area contributed by atoms with Gasteiger partial charge in [0.1, 0.15) is 5.60 Å². The van der Waals surface area contributed by atoms with Crippen molar-refractivity contribution in [3.63, 3.8) is 0 Å². The lowest BCUT2D eigenvalue weighted by atomic mass is 9.99. The molecule has 2 rings (SSSR count). The summed E-state index contributed by atoms with van der Waals surface area (Å²) in [6.45, 7) is 12.1. The zero-order valence-corrected chi connectivity index (χ0v) is 15.9. The monoisotopic (exact) mass is 332 g/mol. The molecule has 4 heteroatoms. The first-order chi connectivity index (χ1) is 11.2. The number of alkyl carbamates (subject to hydrolysis) is 1. The molecule has 3 unspecified atom stereocenters. The van der Waals surface area contributed by atoms with Crippen LogP contribution in [0.1, 0.15) is 69.7 Å². The zero-order valence-electron chi connectivity index (χ0n) is 15.9. The van der Waals surface area contributed by atoms with Crippen molar-refractivity contribution in [3.8, 4) is 0 Å². The standard InChI is InChI=1S/C20H32N2O2/c1-13-10-11-14(2)16(12-13)15(3)21-17-8-7-9-18(17)22-19(23)24-20(4,5)6/h10-12,15,17-18,21H,7-9H2,1-6H3,(H,22,23). The highest BCUT2D eigenvalue weighted by Gasteiger charge is 2.31. The average Bonchev–Trinajstić information content (AvgIpc) is 2.86. The Bertz CT molecular complexity index is 577. The van der Waals surface area contributed by atoms with E-state index in [-0.39, 0.29) is 24.2 Å². The van der Waals surface area contributed by atoms with Gasteiger partial charge in [-0.3, -0.25) is 0 Å². The Labute approximate surface area is 146 Å². The molecule has 1 amide bonds. The molecule has 0 saturated heterocycles. The lowest BCUT2D eigenvalue weighted by molar-refractivity contribution is 0.0497. The minimum absolute atomic E-state index is 0.132. The van der Waals surface area contributed by atoms with Gasteiger partial charge in [-0.05, 0) is 71.9 Å². The molecule has 3 atom stereocenters. The molecular formula is C20H32N2O2. The first-order valence-corrected chi connectivity index (χ1v) is 8.98. The quantitative estimate of drug-likeness (QED) is 0.859. The second-order valence-corrected chi connectivity index (χ2v) is 8.04. The van der Waals surface area contributed by atoms with Crippen LogP contribution in [0.3, 0.4) is 0 Å². The Morgan fingerprint density at radius 2 is 1.88 bits per heavy atom. The summed E-state index contributed by atoms with van der Waals surface area (Å²) in [4.78, 5) is 12.1. The third kappa shape index (κ3) is 5.23. The maximum Gasteiger partial charge on any atom is 0.407 e.